The fourth-order valence-electron chi connectivity index (χ4n) is 2.77. The standard InChI is InChI=1S/C25H33NO3S/c1-5-26(16-9-7-8-15-25(3,4)28-6-2)19-23-12-13-24(29-23)20-27-17-10-11-22-14-18-30-21-22/h7,9-14,18,21H,5-6,16-17,19-20H2,1-4H3/b9-7+,11-10+. The Hall–Kier alpha value is -2.10. The molecule has 2 aromatic rings. The number of hydrogen-bond acceptors (Lipinski definition) is 5. The lowest BCUT2D eigenvalue weighted by Crippen LogP contribution is -2.22. The normalized spacial score (nSPS) is 12.2. The third-order valence-corrected chi connectivity index (χ3v) is 5.00. The molecule has 0 bridgehead atoms. The Labute approximate surface area is 185 Å². The Morgan fingerprint density at radius 2 is 2.00 bits per heavy atom. The highest BCUT2D eigenvalue weighted by atomic mass is 32.1. The van der Waals surface area contributed by atoms with E-state index in [-0.39, 0.29) is 0 Å². The summed E-state index contributed by atoms with van der Waals surface area (Å²) in [4.78, 5) is 2.29. The number of thiophene rings is 1. The van der Waals surface area contributed by atoms with Gasteiger partial charge >= 0.3 is 0 Å². The molecular weight excluding hydrogens is 394 g/mol. The van der Waals surface area contributed by atoms with Gasteiger partial charge in [-0.2, -0.15) is 11.3 Å². The first-order valence-electron chi connectivity index (χ1n) is 10.4. The lowest BCUT2D eigenvalue weighted by molar-refractivity contribution is 0.0362. The van der Waals surface area contributed by atoms with Crippen molar-refractivity contribution < 1.29 is 13.9 Å². The molecule has 0 fully saturated rings. The molecule has 0 unspecified atom stereocenters. The van der Waals surface area contributed by atoms with Gasteiger partial charge in [0.2, 0.25) is 0 Å². The van der Waals surface area contributed by atoms with E-state index in [0.717, 1.165) is 31.2 Å². The molecule has 0 aliphatic heterocycles. The van der Waals surface area contributed by atoms with E-state index in [9.17, 15) is 0 Å². The highest BCUT2D eigenvalue weighted by molar-refractivity contribution is 7.08. The van der Waals surface area contributed by atoms with Crippen LogP contribution in [0.3, 0.4) is 0 Å². The minimum Gasteiger partial charge on any atom is -0.462 e. The summed E-state index contributed by atoms with van der Waals surface area (Å²) in [6.07, 6.45) is 8.06. The molecule has 2 aromatic heterocycles. The SMILES string of the molecule is CCOC(C)(C)C#C/C=C/CN(CC)Cc1ccc(COC/C=C/c2ccsc2)o1. The molecule has 0 amide bonds. The van der Waals surface area contributed by atoms with Gasteiger partial charge in [0.15, 0.2) is 0 Å². The van der Waals surface area contributed by atoms with E-state index in [1.165, 1.54) is 5.56 Å². The Balaban J connectivity index is 1.72. The smallest absolute Gasteiger partial charge is 0.129 e. The first-order chi connectivity index (χ1) is 14.5. The van der Waals surface area contributed by atoms with Crippen molar-refractivity contribution in [1.82, 2.24) is 4.90 Å². The van der Waals surface area contributed by atoms with Gasteiger partial charge in [-0.15, -0.1) is 0 Å². The molecule has 0 aromatic carbocycles. The lowest BCUT2D eigenvalue weighted by Gasteiger charge is -2.17. The molecule has 0 saturated heterocycles. The fraction of sp³-hybridized carbons (Fsp3) is 0.440. The summed E-state index contributed by atoms with van der Waals surface area (Å²) in [5, 5.41) is 4.18. The highest BCUT2D eigenvalue weighted by Gasteiger charge is 2.12. The molecule has 0 atom stereocenters. The Kier molecular flexibility index (Phi) is 10.7. The summed E-state index contributed by atoms with van der Waals surface area (Å²) in [7, 11) is 0. The molecule has 0 aliphatic rings. The molecule has 0 spiro atoms. The molecule has 0 aliphatic carbocycles. The zero-order valence-electron chi connectivity index (χ0n) is 18.5. The van der Waals surface area contributed by atoms with Gasteiger partial charge in [0.05, 0.1) is 13.2 Å². The molecule has 0 saturated carbocycles. The number of hydrogen-bond donors (Lipinski definition) is 0. The predicted octanol–water partition coefficient (Wildman–Crippen LogP) is 5.77. The molecule has 4 nitrogen and oxygen atoms in total. The van der Waals surface area contributed by atoms with Crippen LogP contribution in [0.2, 0.25) is 0 Å². The summed E-state index contributed by atoms with van der Waals surface area (Å²) in [5.74, 6) is 8.00. The zero-order chi connectivity index (χ0) is 21.7. The number of rotatable bonds is 12. The maximum absolute atomic E-state index is 5.91. The summed E-state index contributed by atoms with van der Waals surface area (Å²) >= 11 is 1.69. The number of nitrogens with zero attached hydrogens (tertiary/aromatic N) is 1. The van der Waals surface area contributed by atoms with E-state index in [1.54, 1.807) is 11.3 Å². The highest BCUT2D eigenvalue weighted by Crippen LogP contribution is 2.12. The van der Waals surface area contributed by atoms with Gasteiger partial charge in [0, 0.05) is 13.2 Å². The number of allylic oxidation sites excluding steroid dienone is 1. The third-order valence-electron chi connectivity index (χ3n) is 4.30. The van der Waals surface area contributed by atoms with Crippen LogP contribution in [0.1, 0.15) is 44.8 Å². The number of likely N-dealkylation sites (N-methyl/N-ethyl adjacent to an activating group) is 1. The fourth-order valence-corrected chi connectivity index (χ4v) is 3.39. The van der Waals surface area contributed by atoms with Crippen molar-refractivity contribution >= 4 is 17.4 Å². The molecule has 2 rings (SSSR count). The van der Waals surface area contributed by atoms with Crippen molar-refractivity contribution in [2.45, 2.75) is 46.4 Å². The Morgan fingerprint density at radius 3 is 2.73 bits per heavy atom. The van der Waals surface area contributed by atoms with E-state index < -0.39 is 5.60 Å². The van der Waals surface area contributed by atoms with Gasteiger partial charge in [-0.25, -0.2) is 0 Å². The second-order valence-corrected chi connectivity index (χ2v) is 8.07. The minimum absolute atomic E-state index is 0.407. The second kappa shape index (κ2) is 13.3. The van der Waals surface area contributed by atoms with Gasteiger partial charge in [-0.1, -0.05) is 37.0 Å². The van der Waals surface area contributed by atoms with E-state index in [1.807, 2.05) is 45.1 Å². The summed E-state index contributed by atoms with van der Waals surface area (Å²) in [5.41, 5.74) is 0.803. The van der Waals surface area contributed by atoms with E-state index in [0.29, 0.717) is 19.8 Å². The molecule has 5 heteroatoms. The topological polar surface area (TPSA) is 34.8 Å². The van der Waals surface area contributed by atoms with E-state index in [2.05, 4.69) is 52.6 Å². The maximum Gasteiger partial charge on any atom is 0.129 e. The van der Waals surface area contributed by atoms with Crippen LogP contribution in [0.5, 0.6) is 0 Å². The van der Waals surface area contributed by atoms with Crippen LogP contribution >= 0.6 is 11.3 Å². The Morgan fingerprint density at radius 1 is 1.17 bits per heavy atom. The van der Waals surface area contributed by atoms with Crippen LogP contribution in [-0.2, 0) is 22.6 Å². The van der Waals surface area contributed by atoms with Crippen LogP contribution in [0.4, 0.5) is 0 Å². The number of furan rings is 1. The van der Waals surface area contributed by atoms with Crippen molar-refractivity contribution in [3.8, 4) is 11.8 Å². The monoisotopic (exact) mass is 427 g/mol. The van der Waals surface area contributed by atoms with Gasteiger partial charge in [-0.3, -0.25) is 4.90 Å². The lowest BCUT2D eigenvalue weighted by atomic mass is 10.1. The van der Waals surface area contributed by atoms with Crippen LogP contribution < -0.4 is 0 Å². The van der Waals surface area contributed by atoms with Crippen LogP contribution in [0.25, 0.3) is 6.08 Å². The van der Waals surface area contributed by atoms with Gasteiger partial charge < -0.3 is 13.9 Å². The van der Waals surface area contributed by atoms with E-state index in [4.69, 9.17) is 13.9 Å². The van der Waals surface area contributed by atoms with Crippen molar-refractivity contribution in [3.63, 3.8) is 0 Å². The van der Waals surface area contributed by atoms with Gasteiger partial charge in [0.1, 0.15) is 23.7 Å². The van der Waals surface area contributed by atoms with Crippen molar-refractivity contribution in [2.24, 2.45) is 0 Å². The average molecular weight is 428 g/mol. The summed E-state index contributed by atoms with van der Waals surface area (Å²) < 4.78 is 17.2. The van der Waals surface area contributed by atoms with Crippen LogP contribution in [-0.4, -0.2) is 36.8 Å². The van der Waals surface area contributed by atoms with Crippen molar-refractivity contribution in [1.29, 1.82) is 0 Å². The first-order valence-corrected chi connectivity index (χ1v) is 11.3. The predicted molar refractivity (Wildman–Crippen MR) is 125 cm³/mol. The number of ether oxygens (including phenoxy) is 2. The minimum atomic E-state index is -0.407. The molecule has 30 heavy (non-hydrogen) atoms. The maximum atomic E-state index is 5.91. The Bertz CT molecular complexity index is 837. The van der Waals surface area contributed by atoms with Crippen molar-refractivity contribution in [3.05, 3.63) is 64.3 Å². The van der Waals surface area contributed by atoms with Crippen molar-refractivity contribution in [2.75, 3.05) is 26.3 Å². The van der Waals surface area contributed by atoms with Gasteiger partial charge in [0.25, 0.3) is 0 Å². The average Bonchev–Trinajstić information content (AvgIpc) is 3.38. The first kappa shape index (κ1) is 24.2. The summed E-state index contributed by atoms with van der Waals surface area (Å²) in [6.45, 7) is 12.3. The molecule has 0 radical (unpaired) electrons. The molecule has 162 valence electrons. The quantitative estimate of drug-likeness (QED) is 0.318. The van der Waals surface area contributed by atoms with Crippen LogP contribution in [0.15, 0.2) is 51.6 Å². The zero-order valence-corrected chi connectivity index (χ0v) is 19.3. The molecule has 0 N–H and O–H groups in total. The largest absolute Gasteiger partial charge is 0.462 e. The summed E-state index contributed by atoms with van der Waals surface area (Å²) in [6, 6.07) is 6.10. The molecular formula is C25H33NO3S. The van der Waals surface area contributed by atoms with Gasteiger partial charge in [-0.05, 0) is 67.9 Å². The van der Waals surface area contributed by atoms with E-state index >= 15 is 0 Å². The third kappa shape index (κ3) is 9.60. The second-order valence-electron chi connectivity index (χ2n) is 7.28. The molecule has 2 heterocycles. The van der Waals surface area contributed by atoms with Crippen LogP contribution in [0, 0.1) is 11.8 Å².